The smallest absolute Gasteiger partial charge is 0.325 e. The van der Waals surface area contributed by atoms with Gasteiger partial charge in [-0.05, 0) is 0 Å². The van der Waals surface area contributed by atoms with Crippen LogP contribution >= 0.6 is 0 Å². The van der Waals surface area contributed by atoms with Crippen molar-refractivity contribution >= 4 is 21.9 Å². The molecule has 2 heterocycles. The maximum atomic E-state index is 12.0. The molecular weight excluding hydrogens is 276 g/mol. The van der Waals surface area contributed by atoms with Gasteiger partial charge >= 0.3 is 16.2 Å². The number of morpholine rings is 1. The molecule has 0 aliphatic carbocycles. The third-order valence-corrected chi connectivity index (χ3v) is 4.03. The summed E-state index contributed by atoms with van der Waals surface area (Å²) in [4.78, 5) is 10.5. The molecule has 0 unspecified atom stereocenters. The van der Waals surface area contributed by atoms with E-state index >= 15 is 0 Å². The molecule has 2 N–H and O–H groups in total. The number of carboxylic acid groups (broad SMARTS) is 1. The van der Waals surface area contributed by atoms with Gasteiger partial charge in [0.1, 0.15) is 6.54 Å². The SMILES string of the molecule is O=C(O)Cn1cc(NS(=O)(=O)N2CCOCC2)cn1. The molecule has 9 nitrogen and oxygen atoms in total. The van der Waals surface area contributed by atoms with Crippen molar-refractivity contribution in [2.75, 3.05) is 31.0 Å². The predicted molar refractivity (Wildman–Crippen MR) is 64.8 cm³/mol. The summed E-state index contributed by atoms with van der Waals surface area (Å²) in [5.41, 5.74) is 0.229. The van der Waals surface area contributed by atoms with Crippen molar-refractivity contribution in [3.8, 4) is 0 Å². The Hall–Kier alpha value is -1.65. The second-order valence-corrected chi connectivity index (χ2v) is 5.61. The van der Waals surface area contributed by atoms with Gasteiger partial charge in [-0.2, -0.15) is 17.8 Å². The lowest BCUT2D eigenvalue weighted by atomic mass is 10.5. The van der Waals surface area contributed by atoms with E-state index in [2.05, 4.69) is 9.82 Å². The second kappa shape index (κ2) is 5.55. The molecule has 19 heavy (non-hydrogen) atoms. The van der Waals surface area contributed by atoms with Crippen LogP contribution in [0.25, 0.3) is 0 Å². The highest BCUT2D eigenvalue weighted by Gasteiger charge is 2.24. The van der Waals surface area contributed by atoms with Crippen molar-refractivity contribution in [3.05, 3.63) is 12.4 Å². The van der Waals surface area contributed by atoms with E-state index in [0.29, 0.717) is 26.3 Å². The van der Waals surface area contributed by atoms with Crippen LogP contribution in [0.15, 0.2) is 12.4 Å². The van der Waals surface area contributed by atoms with E-state index in [-0.39, 0.29) is 12.2 Å². The minimum absolute atomic E-state index is 0.229. The molecule has 0 atom stereocenters. The Morgan fingerprint density at radius 3 is 2.79 bits per heavy atom. The van der Waals surface area contributed by atoms with Gasteiger partial charge in [0.25, 0.3) is 0 Å². The van der Waals surface area contributed by atoms with Gasteiger partial charge in [0, 0.05) is 19.3 Å². The molecule has 1 aromatic heterocycles. The average molecular weight is 290 g/mol. The first kappa shape index (κ1) is 13.8. The lowest BCUT2D eigenvalue weighted by Gasteiger charge is -2.25. The van der Waals surface area contributed by atoms with Crippen molar-refractivity contribution < 1.29 is 23.1 Å². The molecule has 0 saturated carbocycles. The van der Waals surface area contributed by atoms with Gasteiger partial charge in [-0.1, -0.05) is 0 Å². The van der Waals surface area contributed by atoms with Crippen LogP contribution in [0.1, 0.15) is 0 Å². The van der Waals surface area contributed by atoms with Crippen LogP contribution in [0.3, 0.4) is 0 Å². The van der Waals surface area contributed by atoms with E-state index in [1.807, 2.05) is 0 Å². The zero-order valence-electron chi connectivity index (χ0n) is 10.0. The number of hydrogen-bond acceptors (Lipinski definition) is 5. The van der Waals surface area contributed by atoms with Crippen LogP contribution in [-0.2, 0) is 26.3 Å². The van der Waals surface area contributed by atoms with Gasteiger partial charge in [-0.15, -0.1) is 0 Å². The number of ether oxygens (including phenoxy) is 1. The number of nitrogens with one attached hydrogen (secondary N) is 1. The molecule has 1 aliphatic heterocycles. The minimum atomic E-state index is -3.65. The van der Waals surface area contributed by atoms with E-state index in [1.54, 1.807) is 0 Å². The van der Waals surface area contributed by atoms with Gasteiger partial charge in [-0.25, -0.2) is 0 Å². The molecule has 10 heteroatoms. The van der Waals surface area contributed by atoms with Crippen molar-refractivity contribution in [1.29, 1.82) is 0 Å². The molecule has 0 amide bonds. The number of aliphatic carboxylic acids is 1. The molecule has 0 radical (unpaired) electrons. The number of anilines is 1. The first-order valence-corrected chi connectivity index (χ1v) is 7.01. The van der Waals surface area contributed by atoms with Gasteiger partial charge in [0.05, 0.1) is 25.1 Å². The second-order valence-electron chi connectivity index (χ2n) is 3.94. The molecule has 2 rings (SSSR count). The van der Waals surface area contributed by atoms with E-state index in [9.17, 15) is 13.2 Å². The Kier molecular flexibility index (Phi) is 4.02. The van der Waals surface area contributed by atoms with Gasteiger partial charge in [0.15, 0.2) is 0 Å². The standard InChI is InChI=1S/C9H14N4O5S/c14-9(15)7-12-6-8(5-10-12)11-19(16,17)13-1-3-18-4-2-13/h5-6,11H,1-4,7H2,(H,14,15). The summed E-state index contributed by atoms with van der Waals surface area (Å²) in [5, 5.41) is 12.3. The number of hydrogen-bond donors (Lipinski definition) is 2. The van der Waals surface area contributed by atoms with Crippen molar-refractivity contribution in [1.82, 2.24) is 14.1 Å². The number of aromatic nitrogens is 2. The Bertz CT molecular complexity index is 549. The summed E-state index contributed by atoms with van der Waals surface area (Å²) in [6, 6.07) is 0. The summed E-state index contributed by atoms with van der Waals surface area (Å²) in [6.07, 6.45) is 2.59. The van der Waals surface area contributed by atoms with Gasteiger partial charge in [-0.3, -0.25) is 14.2 Å². The Morgan fingerprint density at radius 1 is 1.47 bits per heavy atom. The third-order valence-electron chi connectivity index (χ3n) is 2.49. The minimum Gasteiger partial charge on any atom is -0.480 e. The molecular formula is C9H14N4O5S. The van der Waals surface area contributed by atoms with Crippen molar-refractivity contribution in [2.24, 2.45) is 0 Å². The largest absolute Gasteiger partial charge is 0.480 e. The molecule has 0 spiro atoms. The normalized spacial score (nSPS) is 17.3. The maximum absolute atomic E-state index is 12.0. The zero-order valence-corrected chi connectivity index (χ0v) is 10.8. The van der Waals surface area contributed by atoms with E-state index in [4.69, 9.17) is 9.84 Å². The summed E-state index contributed by atoms with van der Waals surface area (Å²) in [6.45, 7) is 0.981. The number of carbonyl (C=O) groups is 1. The highest BCUT2D eigenvalue weighted by atomic mass is 32.2. The van der Waals surface area contributed by atoms with E-state index in [1.165, 1.54) is 16.7 Å². The fourth-order valence-corrected chi connectivity index (χ4v) is 2.80. The quantitative estimate of drug-likeness (QED) is 0.715. The van der Waals surface area contributed by atoms with Gasteiger partial charge < -0.3 is 9.84 Å². The Morgan fingerprint density at radius 2 is 2.16 bits per heavy atom. The van der Waals surface area contributed by atoms with Crippen molar-refractivity contribution in [3.63, 3.8) is 0 Å². The summed E-state index contributed by atoms with van der Waals surface area (Å²) in [5.74, 6) is -1.05. The lowest BCUT2D eigenvalue weighted by molar-refractivity contribution is -0.137. The van der Waals surface area contributed by atoms with Crippen LogP contribution in [0.4, 0.5) is 5.69 Å². The molecule has 1 aliphatic rings. The fourth-order valence-electron chi connectivity index (χ4n) is 1.64. The van der Waals surface area contributed by atoms with Crippen LogP contribution in [-0.4, -0.2) is 59.9 Å². The zero-order chi connectivity index (χ0) is 13.9. The number of nitrogens with zero attached hydrogens (tertiary/aromatic N) is 3. The Balaban J connectivity index is 2.03. The molecule has 0 bridgehead atoms. The highest BCUT2D eigenvalue weighted by molar-refractivity contribution is 7.90. The molecule has 1 fully saturated rings. The predicted octanol–water partition coefficient (Wildman–Crippen LogP) is -1.04. The summed E-state index contributed by atoms with van der Waals surface area (Å²) in [7, 11) is -3.65. The molecule has 1 saturated heterocycles. The number of carboxylic acids is 1. The molecule has 106 valence electrons. The first-order chi connectivity index (χ1) is 8.97. The Labute approximate surface area is 109 Å². The fraction of sp³-hybridized carbons (Fsp3) is 0.556. The van der Waals surface area contributed by atoms with Crippen LogP contribution in [0.2, 0.25) is 0 Å². The van der Waals surface area contributed by atoms with Gasteiger partial charge in [0.2, 0.25) is 0 Å². The first-order valence-electron chi connectivity index (χ1n) is 5.57. The molecule has 1 aromatic rings. The lowest BCUT2D eigenvalue weighted by Crippen LogP contribution is -2.43. The number of rotatable bonds is 5. The summed E-state index contributed by atoms with van der Waals surface area (Å²) >= 11 is 0. The van der Waals surface area contributed by atoms with Crippen LogP contribution < -0.4 is 4.72 Å². The topological polar surface area (TPSA) is 114 Å². The average Bonchev–Trinajstić information content (AvgIpc) is 2.76. The third kappa shape index (κ3) is 3.66. The van der Waals surface area contributed by atoms with Crippen LogP contribution in [0.5, 0.6) is 0 Å². The van der Waals surface area contributed by atoms with Crippen LogP contribution in [0, 0.1) is 0 Å². The van der Waals surface area contributed by atoms with E-state index < -0.39 is 16.2 Å². The highest BCUT2D eigenvalue weighted by Crippen LogP contribution is 2.12. The summed E-state index contributed by atoms with van der Waals surface area (Å²) < 4.78 is 33.8. The van der Waals surface area contributed by atoms with E-state index in [0.717, 1.165) is 4.68 Å². The maximum Gasteiger partial charge on any atom is 0.325 e. The van der Waals surface area contributed by atoms with Crippen molar-refractivity contribution in [2.45, 2.75) is 6.54 Å². The molecule has 0 aromatic carbocycles. The monoisotopic (exact) mass is 290 g/mol.